The van der Waals surface area contributed by atoms with E-state index in [1.807, 2.05) is 0 Å². The molecule has 2 rings (SSSR count). The number of hydrogen-bond donors (Lipinski definition) is 2. The standard InChI is InChI=1S/C18H18N2O4/c1-3-16(21)19-13-8-6-7-12(11-13)17(22)20-15-10-5-4-9-14(15)18(23)24-2/h4-11H,3H2,1-2H3,(H,19,21)(H,20,22). The van der Waals surface area contributed by atoms with E-state index in [1.54, 1.807) is 55.5 Å². The van der Waals surface area contributed by atoms with Gasteiger partial charge >= 0.3 is 5.97 Å². The maximum absolute atomic E-state index is 12.4. The molecule has 0 aliphatic rings. The summed E-state index contributed by atoms with van der Waals surface area (Å²) in [6.07, 6.45) is 0.350. The first-order valence-electron chi connectivity index (χ1n) is 7.43. The number of ether oxygens (including phenoxy) is 1. The Kier molecular flexibility index (Phi) is 5.68. The van der Waals surface area contributed by atoms with Gasteiger partial charge in [0.1, 0.15) is 0 Å². The highest BCUT2D eigenvalue weighted by molar-refractivity contribution is 6.08. The molecule has 2 aromatic carbocycles. The predicted molar refractivity (Wildman–Crippen MR) is 91.1 cm³/mol. The lowest BCUT2D eigenvalue weighted by atomic mass is 10.1. The number of benzene rings is 2. The van der Waals surface area contributed by atoms with E-state index in [-0.39, 0.29) is 17.4 Å². The minimum Gasteiger partial charge on any atom is -0.465 e. The number of nitrogens with one attached hydrogen (secondary N) is 2. The Hall–Kier alpha value is -3.15. The summed E-state index contributed by atoms with van der Waals surface area (Å²) in [7, 11) is 1.28. The minimum atomic E-state index is -0.533. The van der Waals surface area contributed by atoms with Gasteiger partial charge in [-0.15, -0.1) is 0 Å². The number of amides is 2. The van der Waals surface area contributed by atoms with Crippen LogP contribution in [-0.4, -0.2) is 24.9 Å². The van der Waals surface area contributed by atoms with E-state index >= 15 is 0 Å². The maximum atomic E-state index is 12.4. The van der Waals surface area contributed by atoms with Crippen molar-refractivity contribution in [2.24, 2.45) is 0 Å². The Morgan fingerprint density at radius 3 is 2.46 bits per heavy atom. The van der Waals surface area contributed by atoms with Crippen molar-refractivity contribution in [3.05, 3.63) is 59.7 Å². The molecule has 2 aromatic rings. The molecular weight excluding hydrogens is 308 g/mol. The molecule has 0 saturated carbocycles. The molecule has 0 aromatic heterocycles. The molecule has 0 aliphatic heterocycles. The van der Waals surface area contributed by atoms with Crippen molar-refractivity contribution in [1.29, 1.82) is 0 Å². The second-order valence-corrected chi connectivity index (χ2v) is 4.97. The van der Waals surface area contributed by atoms with Crippen LogP contribution in [0.3, 0.4) is 0 Å². The molecule has 0 aliphatic carbocycles. The Balaban J connectivity index is 2.20. The van der Waals surface area contributed by atoms with Crippen LogP contribution in [0.2, 0.25) is 0 Å². The van der Waals surface area contributed by atoms with Crippen LogP contribution in [0, 0.1) is 0 Å². The van der Waals surface area contributed by atoms with Gasteiger partial charge in [0.25, 0.3) is 5.91 Å². The monoisotopic (exact) mass is 326 g/mol. The smallest absolute Gasteiger partial charge is 0.339 e. The van der Waals surface area contributed by atoms with Gasteiger partial charge in [0.15, 0.2) is 0 Å². The van der Waals surface area contributed by atoms with Crippen LogP contribution < -0.4 is 10.6 Å². The summed E-state index contributed by atoms with van der Waals surface area (Å²) in [6.45, 7) is 1.75. The van der Waals surface area contributed by atoms with Gasteiger partial charge in [-0.3, -0.25) is 9.59 Å². The van der Waals surface area contributed by atoms with Crippen LogP contribution in [0.25, 0.3) is 0 Å². The molecule has 0 fully saturated rings. The van der Waals surface area contributed by atoms with Crippen molar-refractivity contribution >= 4 is 29.2 Å². The SMILES string of the molecule is CCC(=O)Nc1cccc(C(=O)Nc2ccccc2C(=O)OC)c1. The predicted octanol–water partition coefficient (Wildman–Crippen LogP) is 3.07. The topological polar surface area (TPSA) is 84.5 Å². The number of esters is 1. The quantitative estimate of drug-likeness (QED) is 0.827. The van der Waals surface area contributed by atoms with Gasteiger partial charge in [0.2, 0.25) is 5.91 Å². The zero-order valence-electron chi connectivity index (χ0n) is 13.5. The summed E-state index contributed by atoms with van der Waals surface area (Å²) in [6, 6.07) is 13.1. The average Bonchev–Trinajstić information content (AvgIpc) is 2.61. The fraction of sp³-hybridized carbons (Fsp3) is 0.167. The third-order valence-corrected chi connectivity index (χ3v) is 3.31. The van der Waals surface area contributed by atoms with Gasteiger partial charge in [-0.2, -0.15) is 0 Å². The first-order chi connectivity index (χ1) is 11.5. The molecule has 6 nitrogen and oxygen atoms in total. The van der Waals surface area contributed by atoms with E-state index in [4.69, 9.17) is 4.74 Å². The van der Waals surface area contributed by atoms with Gasteiger partial charge in [-0.25, -0.2) is 4.79 Å². The first-order valence-corrected chi connectivity index (χ1v) is 7.43. The second-order valence-electron chi connectivity index (χ2n) is 4.97. The molecule has 0 radical (unpaired) electrons. The lowest BCUT2D eigenvalue weighted by Crippen LogP contribution is -2.16. The van der Waals surface area contributed by atoms with Crippen LogP contribution in [0.1, 0.15) is 34.1 Å². The second kappa shape index (κ2) is 7.92. The van der Waals surface area contributed by atoms with Crippen LogP contribution in [-0.2, 0) is 9.53 Å². The van der Waals surface area contributed by atoms with Crippen LogP contribution in [0.4, 0.5) is 11.4 Å². The first kappa shape index (κ1) is 17.2. The molecule has 2 N–H and O–H groups in total. The Morgan fingerprint density at radius 2 is 1.75 bits per heavy atom. The maximum Gasteiger partial charge on any atom is 0.339 e. The largest absolute Gasteiger partial charge is 0.465 e. The minimum absolute atomic E-state index is 0.136. The van der Waals surface area contributed by atoms with E-state index < -0.39 is 5.97 Å². The van der Waals surface area contributed by atoms with E-state index in [2.05, 4.69) is 10.6 Å². The van der Waals surface area contributed by atoms with Crippen molar-refractivity contribution in [3.63, 3.8) is 0 Å². The third-order valence-electron chi connectivity index (χ3n) is 3.31. The highest BCUT2D eigenvalue weighted by Crippen LogP contribution is 2.18. The van der Waals surface area contributed by atoms with Crippen molar-refractivity contribution < 1.29 is 19.1 Å². The number of rotatable bonds is 5. The van der Waals surface area contributed by atoms with Crippen molar-refractivity contribution in [1.82, 2.24) is 0 Å². The third kappa shape index (κ3) is 4.19. The Labute approximate surface area is 139 Å². The number of hydrogen-bond acceptors (Lipinski definition) is 4. The lowest BCUT2D eigenvalue weighted by molar-refractivity contribution is -0.115. The van der Waals surface area contributed by atoms with Crippen molar-refractivity contribution in [2.45, 2.75) is 13.3 Å². The number of anilines is 2. The average molecular weight is 326 g/mol. The molecule has 6 heteroatoms. The molecule has 0 bridgehead atoms. The van der Waals surface area contributed by atoms with Gasteiger partial charge < -0.3 is 15.4 Å². The summed E-state index contributed by atoms with van der Waals surface area (Å²) in [4.78, 5) is 35.6. The zero-order valence-corrected chi connectivity index (χ0v) is 13.5. The molecule has 124 valence electrons. The van der Waals surface area contributed by atoms with Gasteiger partial charge in [-0.05, 0) is 30.3 Å². The summed E-state index contributed by atoms with van der Waals surface area (Å²) in [5.41, 5.74) is 1.53. The molecule has 0 unspecified atom stereocenters. The molecule has 24 heavy (non-hydrogen) atoms. The van der Waals surface area contributed by atoms with E-state index in [0.717, 1.165) is 0 Å². The summed E-state index contributed by atoms with van der Waals surface area (Å²) in [5.74, 6) is -1.06. The summed E-state index contributed by atoms with van der Waals surface area (Å²) >= 11 is 0. The molecule has 0 saturated heterocycles. The Bertz CT molecular complexity index is 771. The van der Waals surface area contributed by atoms with Crippen LogP contribution >= 0.6 is 0 Å². The number of para-hydroxylation sites is 1. The highest BCUT2D eigenvalue weighted by atomic mass is 16.5. The molecule has 2 amide bonds. The normalized spacial score (nSPS) is 9.92. The Morgan fingerprint density at radius 1 is 1.00 bits per heavy atom. The van der Waals surface area contributed by atoms with Gasteiger partial charge in [0.05, 0.1) is 18.4 Å². The highest BCUT2D eigenvalue weighted by Gasteiger charge is 2.14. The fourth-order valence-corrected chi connectivity index (χ4v) is 2.06. The van der Waals surface area contributed by atoms with Crippen molar-refractivity contribution in [2.75, 3.05) is 17.7 Å². The molecule has 0 heterocycles. The fourth-order valence-electron chi connectivity index (χ4n) is 2.06. The van der Waals surface area contributed by atoms with Crippen LogP contribution in [0.15, 0.2) is 48.5 Å². The van der Waals surface area contributed by atoms with Gasteiger partial charge in [-0.1, -0.05) is 25.1 Å². The number of methoxy groups -OCH3 is 1. The zero-order chi connectivity index (χ0) is 17.5. The van der Waals surface area contributed by atoms with Crippen molar-refractivity contribution in [3.8, 4) is 0 Å². The van der Waals surface area contributed by atoms with E-state index in [9.17, 15) is 14.4 Å². The molecular formula is C18H18N2O4. The molecule has 0 spiro atoms. The molecule has 0 atom stereocenters. The van der Waals surface area contributed by atoms with E-state index in [0.29, 0.717) is 23.4 Å². The summed E-state index contributed by atoms with van der Waals surface area (Å²) < 4.78 is 4.70. The van der Waals surface area contributed by atoms with Crippen LogP contribution in [0.5, 0.6) is 0 Å². The number of carbonyl (C=O) groups excluding carboxylic acids is 3. The van der Waals surface area contributed by atoms with E-state index in [1.165, 1.54) is 7.11 Å². The number of carbonyl (C=O) groups is 3. The lowest BCUT2D eigenvalue weighted by Gasteiger charge is -2.10. The van der Waals surface area contributed by atoms with Gasteiger partial charge in [0, 0.05) is 17.7 Å². The summed E-state index contributed by atoms with van der Waals surface area (Å²) in [5, 5.41) is 5.38.